The Hall–Kier alpha value is -1.38. The Balaban J connectivity index is 2.59. The summed E-state index contributed by atoms with van der Waals surface area (Å²) in [5.41, 5.74) is 0.772. The van der Waals surface area contributed by atoms with Crippen molar-refractivity contribution >= 4 is 11.8 Å². The van der Waals surface area contributed by atoms with Gasteiger partial charge in [0.2, 0.25) is 0 Å². The molecular weight excluding hydrogens is 192 g/mol. The van der Waals surface area contributed by atoms with Gasteiger partial charge in [-0.2, -0.15) is 0 Å². The summed E-state index contributed by atoms with van der Waals surface area (Å²) >= 11 is 0. The number of allylic oxidation sites excluding steroid dienone is 3. The highest BCUT2D eigenvalue weighted by atomic mass is 16.4. The lowest BCUT2D eigenvalue weighted by molar-refractivity contribution is -0.136. The van der Waals surface area contributed by atoms with Gasteiger partial charge in [-0.15, -0.1) is 0 Å². The highest BCUT2D eigenvalue weighted by molar-refractivity contribution is 5.90. The summed E-state index contributed by atoms with van der Waals surface area (Å²) in [6.07, 6.45) is 7.71. The number of carboxylic acid groups (broad SMARTS) is 1. The number of Topliss-reactive ketones (excluding diaryl/α,β-unsaturated/α-hetero) is 1. The van der Waals surface area contributed by atoms with Crippen molar-refractivity contribution in [3.8, 4) is 0 Å². The van der Waals surface area contributed by atoms with Crippen molar-refractivity contribution in [3.63, 3.8) is 0 Å². The van der Waals surface area contributed by atoms with Crippen LogP contribution in [-0.4, -0.2) is 16.9 Å². The maximum absolute atomic E-state index is 11.5. The van der Waals surface area contributed by atoms with E-state index >= 15 is 0 Å². The van der Waals surface area contributed by atoms with Crippen LogP contribution in [0.25, 0.3) is 0 Å². The SMILES string of the molecule is CC/C=C\CC1C(=O)CC=C1CC(=O)O. The molecule has 0 aromatic carbocycles. The van der Waals surface area contributed by atoms with E-state index in [2.05, 4.69) is 0 Å². The van der Waals surface area contributed by atoms with Gasteiger partial charge in [-0.3, -0.25) is 9.59 Å². The highest BCUT2D eigenvalue weighted by Crippen LogP contribution is 2.28. The van der Waals surface area contributed by atoms with Gasteiger partial charge in [0.15, 0.2) is 0 Å². The predicted octanol–water partition coefficient (Wildman–Crippen LogP) is 2.33. The Labute approximate surface area is 89.5 Å². The second-order valence-corrected chi connectivity index (χ2v) is 3.69. The zero-order valence-corrected chi connectivity index (χ0v) is 8.90. The quantitative estimate of drug-likeness (QED) is 0.705. The molecule has 0 fully saturated rings. The Morgan fingerprint density at radius 2 is 2.33 bits per heavy atom. The number of hydrogen-bond donors (Lipinski definition) is 1. The molecule has 0 aliphatic heterocycles. The minimum Gasteiger partial charge on any atom is -0.481 e. The van der Waals surface area contributed by atoms with E-state index in [0.29, 0.717) is 12.8 Å². The fourth-order valence-electron chi connectivity index (χ4n) is 1.77. The van der Waals surface area contributed by atoms with Crippen LogP contribution in [-0.2, 0) is 9.59 Å². The van der Waals surface area contributed by atoms with Gasteiger partial charge >= 0.3 is 5.97 Å². The molecular formula is C12H16O3. The molecule has 1 N–H and O–H groups in total. The molecule has 0 heterocycles. The molecule has 3 heteroatoms. The van der Waals surface area contributed by atoms with E-state index in [0.717, 1.165) is 12.0 Å². The first kappa shape index (κ1) is 11.7. The topological polar surface area (TPSA) is 54.4 Å². The second kappa shape index (κ2) is 5.49. The number of carbonyl (C=O) groups is 2. The third-order valence-corrected chi connectivity index (χ3v) is 2.53. The van der Waals surface area contributed by atoms with Crippen LogP contribution in [0.2, 0.25) is 0 Å². The van der Waals surface area contributed by atoms with Gasteiger partial charge in [0.1, 0.15) is 5.78 Å². The second-order valence-electron chi connectivity index (χ2n) is 3.69. The first-order chi connectivity index (χ1) is 7.15. The number of carbonyl (C=O) groups excluding carboxylic acids is 1. The Morgan fingerprint density at radius 3 is 2.93 bits per heavy atom. The first-order valence-electron chi connectivity index (χ1n) is 5.23. The van der Waals surface area contributed by atoms with E-state index in [1.165, 1.54) is 0 Å². The van der Waals surface area contributed by atoms with E-state index in [1.807, 2.05) is 19.1 Å². The standard InChI is InChI=1S/C12H16O3/c1-2-3-4-5-10-9(8-12(14)15)6-7-11(10)13/h3-4,6,10H,2,5,7-8H2,1H3,(H,14,15)/b4-3-. The molecule has 0 radical (unpaired) electrons. The van der Waals surface area contributed by atoms with Crippen molar-refractivity contribution in [2.75, 3.05) is 0 Å². The van der Waals surface area contributed by atoms with E-state index in [1.54, 1.807) is 6.08 Å². The van der Waals surface area contributed by atoms with Crippen molar-refractivity contribution in [1.29, 1.82) is 0 Å². The van der Waals surface area contributed by atoms with Crippen LogP contribution < -0.4 is 0 Å². The summed E-state index contributed by atoms with van der Waals surface area (Å²) in [5.74, 6) is -0.906. The minimum atomic E-state index is -0.861. The fourth-order valence-corrected chi connectivity index (χ4v) is 1.77. The number of rotatable bonds is 5. The fraction of sp³-hybridized carbons (Fsp3) is 0.500. The summed E-state index contributed by atoms with van der Waals surface area (Å²) in [6, 6.07) is 0. The normalized spacial score (nSPS) is 21.0. The van der Waals surface area contributed by atoms with E-state index in [9.17, 15) is 9.59 Å². The molecule has 82 valence electrons. The lowest BCUT2D eigenvalue weighted by Crippen LogP contribution is -2.12. The van der Waals surface area contributed by atoms with Crippen LogP contribution in [0.5, 0.6) is 0 Å². The Bertz CT molecular complexity index is 313. The summed E-state index contributed by atoms with van der Waals surface area (Å²) < 4.78 is 0. The molecule has 1 unspecified atom stereocenters. The Morgan fingerprint density at radius 1 is 1.60 bits per heavy atom. The Kier molecular flexibility index (Phi) is 4.28. The third-order valence-electron chi connectivity index (χ3n) is 2.53. The predicted molar refractivity (Wildman–Crippen MR) is 57.5 cm³/mol. The molecule has 1 aliphatic rings. The van der Waals surface area contributed by atoms with Crippen LogP contribution in [0.1, 0.15) is 32.6 Å². The molecule has 0 spiro atoms. The smallest absolute Gasteiger partial charge is 0.307 e. The van der Waals surface area contributed by atoms with Crippen molar-refractivity contribution in [3.05, 3.63) is 23.8 Å². The van der Waals surface area contributed by atoms with Crippen molar-refractivity contribution in [2.45, 2.75) is 32.6 Å². The molecule has 1 aliphatic carbocycles. The average Bonchev–Trinajstić information content (AvgIpc) is 2.49. The van der Waals surface area contributed by atoms with Crippen molar-refractivity contribution in [1.82, 2.24) is 0 Å². The number of carboxylic acids is 1. The van der Waals surface area contributed by atoms with Gasteiger partial charge in [0.05, 0.1) is 6.42 Å². The van der Waals surface area contributed by atoms with Gasteiger partial charge in [-0.25, -0.2) is 0 Å². The molecule has 0 saturated heterocycles. The molecule has 15 heavy (non-hydrogen) atoms. The van der Waals surface area contributed by atoms with Crippen molar-refractivity contribution < 1.29 is 14.7 Å². The van der Waals surface area contributed by atoms with Crippen LogP contribution in [0.3, 0.4) is 0 Å². The van der Waals surface area contributed by atoms with Crippen molar-refractivity contribution in [2.24, 2.45) is 5.92 Å². The molecule has 0 amide bonds. The molecule has 1 rings (SSSR count). The van der Waals surface area contributed by atoms with Crippen LogP contribution in [0.15, 0.2) is 23.8 Å². The zero-order valence-electron chi connectivity index (χ0n) is 8.90. The molecule has 3 nitrogen and oxygen atoms in total. The lowest BCUT2D eigenvalue weighted by Gasteiger charge is -2.09. The maximum atomic E-state index is 11.5. The molecule has 0 bridgehead atoms. The molecule has 1 atom stereocenters. The van der Waals surface area contributed by atoms with E-state index in [4.69, 9.17) is 5.11 Å². The summed E-state index contributed by atoms with van der Waals surface area (Å²) in [5, 5.41) is 8.68. The summed E-state index contributed by atoms with van der Waals surface area (Å²) in [6.45, 7) is 2.03. The molecule has 0 aromatic heterocycles. The van der Waals surface area contributed by atoms with Crippen LogP contribution in [0, 0.1) is 5.92 Å². The average molecular weight is 208 g/mol. The lowest BCUT2D eigenvalue weighted by atomic mass is 9.94. The van der Waals surface area contributed by atoms with Crippen LogP contribution >= 0.6 is 0 Å². The van der Waals surface area contributed by atoms with Gasteiger partial charge in [0, 0.05) is 12.3 Å². The summed E-state index contributed by atoms with van der Waals surface area (Å²) in [4.78, 5) is 22.0. The largest absolute Gasteiger partial charge is 0.481 e. The summed E-state index contributed by atoms with van der Waals surface area (Å²) in [7, 11) is 0. The first-order valence-corrected chi connectivity index (χ1v) is 5.23. The zero-order chi connectivity index (χ0) is 11.3. The number of hydrogen-bond acceptors (Lipinski definition) is 2. The maximum Gasteiger partial charge on any atom is 0.307 e. The third kappa shape index (κ3) is 3.35. The monoisotopic (exact) mass is 208 g/mol. The van der Waals surface area contributed by atoms with E-state index in [-0.39, 0.29) is 18.1 Å². The van der Waals surface area contributed by atoms with Gasteiger partial charge in [0.25, 0.3) is 0 Å². The van der Waals surface area contributed by atoms with Gasteiger partial charge in [-0.05, 0) is 12.8 Å². The number of aliphatic carboxylic acids is 1. The number of ketones is 1. The van der Waals surface area contributed by atoms with Gasteiger partial charge < -0.3 is 5.11 Å². The highest BCUT2D eigenvalue weighted by Gasteiger charge is 2.27. The molecule has 0 saturated carbocycles. The minimum absolute atomic E-state index is 0.00360. The molecule has 0 aromatic rings. The van der Waals surface area contributed by atoms with Crippen LogP contribution in [0.4, 0.5) is 0 Å². The van der Waals surface area contributed by atoms with E-state index < -0.39 is 5.97 Å². The van der Waals surface area contributed by atoms with Gasteiger partial charge in [-0.1, -0.05) is 30.7 Å².